The lowest BCUT2D eigenvalue weighted by Crippen LogP contribution is -2.39. The molecule has 2 aromatic heterocycles. The van der Waals surface area contributed by atoms with Gasteiger partial charge in [-0.2, -0.15) is 4.98 Å². The summed E-state index contributed by atoms with van der Waals surface area (Å²) in [5.41, 5.74) is 2.79. The molecule has 2 aromatic carbocycles. The lowest BCUT2D eigenvalue weighted by atomic mass is 10.1. The number of halogens is 2. The van der Waals surface area contributed by atoms with Gasteiger partial charge in [0.05, 0.1) is 0 Å². The monoisotopic (exact) mass is 440 g/mol. The maximum absolute atomic E-state index is 13.5. The van der Waals surface area contributed by atoms with E-state index in [1.165, 1.54) is 6.07 Å². The molecule has 160 valence electrons. The van der Waals surface area contributed by atoms with Crippen LogP contribution in [-0.2, 0) is 12.8 Å². The van der Waals surface area contributed by atoms with Crippen LogP contribution in [0, 0.1) is 5.82 Å². The Balaban J connectivity index is 1.25. The van der Waals surface area contributed by atoms with E-state index in [1.807, 2.05) is 18.3 Å². The van der Waals surface area contributed by atoms with E-state index < -0.39 is 0 Å². The Hall–Kier alpha value is -3.39. The van der Waals surface area contributed by atoms with Crippen LogP contribution in [0.5, 0.6) is 0 Å². The molecule has 4 rings (SSSR count). The Bertz CT molecular complexity index is 1200. The molecule has 0 saturated carbocycles. The average Bonchev–Trinajstić information content (AvgIpc) is 3.40. The minimum atomic E-state index is -0.238. The average molecular weight is 441 g/mol. The normalized spacial score (nSPS) is 11.8. The number of aliphatic imine (C=N–C) groups is 1. The highest BCUT2D eigenvalue weighted by Gasteiger charge is 2.09. The molecule has 3 N–H and O–H groups in total. The summed E-state index contributed by atoms with van der Waals surface area (Å²) in [5.74, 6) is 1.47. The molecule has 9 heteroatoms. The molecular formula is C22H22ClFN6O. The van der Waals surface area contributed by atoms with E-state index >= 15 is 0 Å². The number of aromatic amines is 1. The second-order valence-electron chi connectivity index (χ2n) is 6.95. The second-order valence-corrected chi connectivity index (χ2v) is 7.39. The zero-order valence-corrected chi connectivity index (χ0v) is 17.7. The van der Waals surface area contributed by atoms with Gasteiger partial charge in [-0.3, -0.25) is 4.99 Å². The van der Waals surface area contributed by atoms with Crippen LogP contribution in [0.4, 0.5) is 4.39 Å². The van der Waals surface area contributed by atoms with Gasteiger partial charge < -0.3 is 20.1 Å². The van der Waals surface area contributed by atoms with Crippen molar-refractivity contribution in [3.05, 3.63) is 71.0 Å². The van der Waals surface area contributed by atoms with Gasteiger partial charge in [0, 0.05) is 54.2 Å². The van der Waals surface area contributed by atoms with Crippen LogP contribution in [0.1, 0.15) is 11.5 Å². The van der Waals surface area contributed by atoms with Crippen molar-refractivity contribution in [2.75, 3.05) is 20.1 Å². The first-order chi connectivity index (χ1) is 15.1. The number of rotatable bonds is 7. The zero-order valence-electron chi connectivity index (χ0n) is 17.0. The Kier molecular flexibility index (Phi) is 6.47. The summed E-state index contributed by atoms with van der Waals surface area (Å²) in [7, 11) is 1.71. The van der Waals surface area contributed by atoms with Crippen molar-refractivity contribution < 1.29 is 8.91 Å². The highest BCUT2D eigenvalue weighted by molar-refractivity contribution is 6.30. The quantitative estimate of drug-likeness (QED) is 0.299. The summed E-state index contributed by atoms with van der Waals surface area (Å²) < 4.78 is 18.8. The standard InChI is InChI=1S/C22H22ClFN6O/c1-25-22(26-9-7-15-13-28-19-6-5-17(24)12-18(15)19)27-10-8-20-29-21(30-31-20)14-3-2-4-16(23)11-14/h2-6,11-13,28H,7-10H2,1H3,(H2,25,26,27). The van der Waals surface area contributed by atoms with Crippen LogP contribution in [0.15, 0.2) is 58.2 Å². The number of hydrogen-bond acceptors (Lipinski definition) is 4. The minimum Gasteiger partial charge on any atom is -0.361 e. The molecule has 31 heavy (non-hydrogen) atoms. The van der Waals surface area contributed by atoms with Gasteiger partial charge in [-0.15, -0.1) is 0 Å². The third-order valence-corrected chi connectivity index (χ3v) is 5.06. The number of hydrogen-bond donors (Lipinski definition) is 3. The van der Waals surface area contributed by atoms with Gasteiger partial charge in [-0.25, -0.2) is 4.39 Å². The SMILES string of the molecule is CN=C(NCCc1nc(-c2cccc(Cl)c2)no1)NCCc1c[nH]c2ccc(F)cc12. The van der Waals surface area contributed by atoms with Crippen molar-refractivity contribution in [1.82, 2.24) is 25.8 Å². The highest BCUT2D eigenvalue weighted by atomic mass is 35.5. The van der Waals surface area contributed by atoms with Crippen molar-refractivity contribution in [2.24, 2.45) is 4.99 Å². The predicted molar refractivity (Wildman–Crippen MR) is 120 cm³/mol. The minimum absolute atomic E-state index is 0.238. The van der Waals surface area contributed by atoms with E-state index in [2.05, 4.69) is 30.8 Å². The molecule has 0 amide bonds. The first-order valence-corrected chi connectivity index (χ1v) is 10.3. The van der Waals surface area contributed by atoms with E-state index in [-0.39, 0.29) is 5.82 Å². The lowest BCUT2D eigenvalue weighted by molar-refractivity contribution is 0.378. The molecule has 0 atom stereocenters. The molecule has 0 spiro atoms. The van der Waals surface area contributed by atoms with E-state index in [1.54, 1.807) is 31.3 Å². The molecule has 0 saturated heterocycles. The largest absolute Gasteiger partial charge is 0.361 e. The summed E-state index contributed by atoms with van der Waals surface area (Å²) in [6, 6.07) is 12.1. The number of nitrogens with zero attached hydrogens (tertiary/aromatic N) is 3. The van der Waals surface area contributed by atoms with Gasteiger partial charge in [0.2, 0.25) is 11.7 Å². The summed E-state index contributed by atoms with van der Waals surface area (Å²) in [6.07, 6.45) is 3.20. The van der Waals surface area contributed by atoms with Crippen LogP contribution < -0.4 is 10.6 Å². The predicted octanol–water partition coefficient (Wildman–Crippen LogP) is 3.96. The second kappa shape index (κ2) is 9.61. The molecule has 7 nitrogen and oxygen atoms in total. The summed E-state index contributed by atoms with van der Waals surface area (Å²) >= 11 is 6.01. The van der Waals surface area contributed by atoms with Gasteiger partial charge in [-0.05, 0) is 42.3 Å². The summed E-state index contributed by atoms with van der Waals surface area (Å²) in [6.45, 7) is 1.23. The first kappa shape index (κ1) is 20.9. The van der Waals surface area contributed by atoms with Crippen molar-refractivity contribution in [1.29, 1.82) is 0 Å². The summed E-state index contributed by atoms with van der Waals surface area (Å²) in [5, 5.41) is 12.0. The van der Waals surface area contributed by atoms with Crippen LogP contribution >= 0.6 is 11.6 Å². The number of fused-ring (bicyclic) bond motifs is 1. The third kappa shape index (κ3) is 5.21. The maximum atomic E-state index is 13.5. The number of benzene rings is 2. The van der Waals surface area contributed by atoms with Gasteiger partial charge >= 0.3 is 0 Å². The van der Waals surface area contributed by atoms with Crippen LogP contribution in [-0.4, -0.2) is 41.2 Å². The van der Waals surface area contributed by atoms with Gasteiger partial charge in [0.15, 0.2) is 5.96 Å². The van der Waals surface area contributed by atoms with Crippen molar-refractivity contribution in [3.63, 3.8) is 0 Å². The van der Waals surface area contributed by atoms with E-state index in [0.29, 0.717) is 42.2 Å². The molecule has 0 fully saturated rings. The topological polar surface area (TPSA) is 91.1 Å². The Morgan fingerprint density at radius 1 is 1.16 bits per heavy atom. The molecule has 2 heterocycles. The molecule has 0 radical (unpaired) electrons. The molecular weight excluding hydrogens is 419 g/mol. The molecule has 0 bridgehead atoms. The van der Waals surface area contributed by atoms with Gasteiger partial charge in [-0.1, -0.05) is 28.9 Å². The number of H-pyrrole nitrogens is 1. The molecule has 0 aliphatic carbocycles. The number of aromatic nitrogens is 3. The van der Waals surface area contributed by atoms with Crippen molar-refractivity contribution in [3.8, 4) is 11.4 Å². The Morgan fingerprint density at radius 3 is 2.81 bits per heavy atom. The smallest absolute Gasteiger partial charge is 0.228 e. The molecule has 0 aliphatic rings. The molecule has 4 aromatic rings. The van der Waals surface area contributed by atoms with E-state index in [4.69, 9.17) is 16.1 Å². The molecule has 0 aliphatic heterocycles. The lowest BCUT2D eigenvalue weighted by Gasteiger charge is -2.10. The van der Waals surface area contributed by atoms with Crippen LogP contribution in [0.2, 0.25) is 5.02 Å². The van der Waals surface area contributed by atoms with Crippen molar-refractivity contribution >= 4 is 28.5 Å². The zero-order chi connectivity index (χ0) is 21.6. The van der Waals surface area contributed by atoms with E-state index in [0.717, 1.165) is 28.5 Å². The first-order valence-electron chi connectivity index (χ1n) is 9.91. The van der Waals surface area contributed by atoms with Gasteiger partial charge in [0.1, 0.15) is 5.82 Å². The fourth-order valence-corrected chi connectivity index (χ4v) is 3.47. The highest BCUT2D eigenvalue weighted by Crippen LogP contribution is 2.20. The fraction of sp³-hybridized carbons (Fsp3) is 0.227. The van der Waals surface area contributed by atoms with Crippen LogP contribution in [0.3, 0.4) is 0 Å². The van der Waals surface area contributed by atoms with Crippen molar-refractivity contribution in [2.45, 2.75) is 12.8 Å². The Morgan fingerprint density at radius 2 is 2.00 bits per heavy atom. The Labute approximate surface area is 183 Å². The molecule has 0 unspecified atom stereocenters. The number of nitrogens with one attached hydrogen (secondary N) is 3. The number of guanidine groups is 1. The fourth-order valence-electron chi connectivity index (χ4n) is 3.28. The van der Waals surface area contributed by atoms with Gasteiger partial charge in [0.25, 0.3) is 0 Å². The van der Waals surface area contributed by atoms with E-state index in [9.17, 15) is 4.39 Å². The summed E-state index contributed by atoms with van der Waals surface area (Å²) in [4.78, 5) is 11.8. The third-order valence-electron chi connectivity index (χ3n) is 4.82. The maximum Gasteiger partial charge on any atom is 0.228 e. The van der Waals surface area contributed by atoms with Crippen LogP contribution in [0.25, 0.3) is 22.3 Å².